The van der Waals surface area contributed by atoms with Crippen LogP contribution in [-0.2, 0) is 4.79 Å². The highest BCUT2D eigenvalue weighted by molar-refractivity contribution is 6.01. The zero-order valence-corrected chi connectivity index (χ0v) is 12.5. The van der Waals surface area contributed by atoms with Gasteiger partial charge in [-0.1, -0.05) is 26.0 Å². The zero-order valence-electron chi connectivity index (χ0n) is 12.5. The predicted octanol–water partition coefficient (Wildman–Crippen LogP) is 1.78. The van der Waals surface area contributed by atoms with E-state index in [0.29, 0.717) is 23.7 Å². The molecule has 0 aromatic heterocycles. The van der Waals surface area contributed by atoms with Gasteiger partial charge >= 0.3 is 6.03 Å². The second-order valence-electron chi connectivity index (χ2n) is 5.11. The van der Waals surface area contributed by atoms with Crippen LogP contribution in [-0.4, -0.2) is 30.8 Å². The largest absolute Gasteiger partial charge is 0.376 e. The van der Waals surface area contributed by atoms with Crippen LogP contribution < -0.4 is 16.0 Å². The average Bonchev–Trinajstić information content (AvgIpc) is 2.43. The molecule has 3 amide bonds. The number of carbonyl (C=O) groups is 3. The molecule has 6 heteroatoms. The standard InChI is InChI=1S/C15H21N3O3/c1-10(2)8-17-15(21)18-14(20)9-16-13-7-5-4-6-12(13)11(3)19/h4-7,10,16H,8-9H2,1-3H3,(H2,17,18,20,21). The predicted molar refractivity (Wildman–Crippen MR) is 81.3 cm³/mol. The zero-order chi connectivity index (χ0) is 15.8. The molecule has 0 saturated heterocycles. The Labute approximate surface area is 124 Å². The van der Waals surface area contributed by atoms with Gasteiger partial charge in [-0.2, -0.15) is 0 Å². The van der Waals surface area contributed by atoms with Crippen LogP contribution in [0.4, 0.5) is 10.5 Å². The van der Waals surface area contributed by atoms with Gasteiger partial charge < -0.3 is 10.6 Å². The number of urea groups is 1. The van der Waals surface area contributed by atoms with E-state index < -0.39 is 11.9 Å². The van der Waals surface area contributed by atoms with Crippen molar-refractivity contribution in [3.63, 3.8) is 0 Å². The van der Waals surface area contributed by atoms with Gasteiger partial charge in [-0.25, -0.2) is 4.79 Å². The maximum Gasteiger partial charge on any atom is 0.321 e. The van der Waals surface area contributed by atoms with Gasteiger partial charge in [0.1, 0.15) is 0 Å². The minimum Gasteiger partial charge on any atom is -0.376 e. The molecule has 3 N–H and O–H groups in total. The smallest absolute Gasteiger partial charge is 0.321 e. The molecule has 0 unspecified atom stereocenters. The summed E-state index contributed by atoms with van der Waals surface area (Å²) in [5.41, 5.74) is 1.08. The first-order valence-corrected chi connectivity index (χ1v) is 6.81. The van der Waals surface area contributed by atoms with Gasteiger partial charge in [0.15, 0.2) is 5.78 Å². The Hall–Kier alpha value is -2.37. The maximum absolute atomic E-state index is 11.6. The summed E-state index contributed by atoms with van der Waals surface area (Å²) in [6.07, 6.45) is 0. The molecule has 1 aromatic rings. The summed E-state index contributed by atoms with van der Waals surface area (Å²) < 4.78 is 0. The Morgan fingerprint density at radius 1 is 1.14 bits per heavy atom. The van der Waals surface area contributed by atoms with E-state index in [-0.39, 0.29) is 12.3 Å². The first-order valence-electron chi connectivity index (χ1n) is 6.81. The molecule has 0 saturated carbocycles. The second kappa shape index (κ2) is 8.04. The minimum absolute atomic E-state index is 0.0839. The van der Waals surface area contributed by atoms with Crippen LogP contribution in [0.5, 0.6) is 0 Å². The van der Waals surface area contributed by atoms with Gasteiger partial charge in [-0.3, -0.25) is 14.9 Å². The molecule has 0 atom stereocenters. The Kier molecular flexibility index (Phi) is 6.39. The van der Waals surface area contributed by atoms with Gasteiger partial charge in [0.25, 0.3) is 0 Å². The number of Topliss-reactive ketones (excluding diaryl/α,β-unsaturated/α-hetero) is 1. The summed E-state index contributed by atoms with van der Waals surface area (Å²) >= 11 is 0. The van der Waals surface area contributed by atoms with Crippen molar-refractivity contribution in [3.05, 3.63) is 29.8 Å². The highest BCUT2D eigenvalue weighted by atomic mass is 16.2. The minimum atomic E-state index is -0.518. The summed E-state index contributed by atoms with van der Waals surface area (Å²) in [7, 11) is 0. The lowest BCUT2D eigenvalue weighted by Crippen LogP contribution is -2.43. The number of ketones is 1. The first kappa shape index (κ1) is 16.7. The van der Waals surface area contributed by atoms with Crippen LogP contribution in [0.3, 0.4) is 0 Å². The van der Waals surface area contributed by atoms with Crippen LogP contribution in [0, 0.1) is 5.92 Å². The van der Waals surface area contributed by atoms with E-state index in [1.54, 1.807) is 24.3 Å². The summed E-state index contributed by atoms with van der Waals surface area (Å²) in [4.78, 5) is 34.5. The Bertz CT molecular complexity index is 527. The van der Waals surface area contributed by atoms with Crippen molar-refractivity contribution in [1.29, 1.82) is 0 Å². The lowest BCUT2D eigenvalue weighted by atomic mass is 10.1. The molecule has 0 aliphatic heterocycles. The van der Waals surface area contributed by atoms with E-state index in [4.69, 9.17) is 0 Å². The quantitative estimate of drug-likeness (QED) is 0.697. The number of nitrogens with one attached hydrogen (secondary N) is 3. The van der Waals surface area contributed by atoms with Gasteiger partial charge in [0.05, 0.1) is 6.54 Å². The summed E-state index contributed by atoms with van der Waals surface area (Å²) in [6.45, 7) is 5.80. The maximum atomic E-state index is 11.6. The molecule has 6 nitrogen and oxygen atoms in total. The lowest BCUT2D eigenvalue weighted by Gasteiger charge is -2.11. The average molecular weight is 291 g/mol. The number of hydrogen-bond acceptors (Lipinski definition) is 4. The molecule has 114 valence electrons. The van der Waals surface area contributed by atoms with Gasteiger partial charge in [0.2, 0.25) is 5.91 Å². The third-order valence-electron chi connectivity index (χ3n) is 2.67. The molecule has 0 radical (unpaired) electrons. The fraction of sp³-hybridized carbons (Fsp3) is 0.400. The van der Waals surface area contributed by atoms with Crippen LogP contribution in [0.2, 0.25) is 0 Å². The molecule has 0 heterocycles. The van der Waals surface area contributed by atoms with Crippen molar-refractivity contribution >= 4 is 23.4 Å². The van der Waals surface area contributed by atoms with Crippen LogP contribution in [0.25, 0.3) is 0 Å². The summed E-state index contributed by atoms with van der Waals surface area (Å²) in [6, 6.07) is 6.39. The number of carbonyl (C=O) groups excluding carboxylic acids is 3. The Morgan fingerprint density at radius 3 is 2.43 bits per heavy atom. The van der Waals surface area contributed by atoms with Crippen molar-refractivity contribution in [2.45, 2.75) is 20.8 Å². The third kappa shape index (κ3) is 6.07. The third-order valence-corrected chi connectivity index (χ3v) is 2.67. The number of hydrogen-bond donors (Lipinski definition) is 3. The number of amides is 3. The van der Waals surface area contributed by atoms with E-state index in [1.165, 1.54) is 6.92 Å². The number of para-hydroxylation sites is 1. The van der Waals surface area contributed by atoms with E-state index in [1.807, 2.05) is 13.8 Å². The number of imide groups is 1. The molecule has 0 fully saturated rings. The Morgan fingerprint density at radius 2 is 1.81 bits per heavy atom. The van der Waals surface area contributed by atoms with Crippen molar-refractivity contribution < 1.29 is 14.4 Å². The molecule has 0 bridgehead atoms. The van der Waals surface area contributed by atoms with Crippen LogP contribution >= 0.6 is 0 Å². The second-order valence-corrected chi connectivity index (χ2v) is 5.11. The SMILES string of the molecule is CC(=O)c1ccccc1NCC(=O)NC(=O)NCC(C)C. The topological polar surface area (TPSA) is 87.3 Å². The lowest BCUT2D eigenvalue weighted by molar-refractivity contribution is -0.118. The van der Waals surface area contributed by atoms with Gasteiger partial charge in [-0.05, 0) is 25.0 Å². The first-order chi connectivity index (χ1) is 9.90. The summed E-state index contributed by atoms with van der Waals surface area (Å²) in [5.74, 6) is -0.241. The number of anilines is 1. The van der Waals surface area contributed by atoms with Crippen molar-refractivity contribution in [3.8, 4) is 0 Å². The highest BCUT2D eigenvalue weighted by Gasteiger charge is 2.10. The van der Waals surface area contributed by atoms with Crippen LogP contribution in [0.1, 0.15) is 31.1 Å². The van der Waals surface area contributed by atoms with Gasteiger partial charge in [-0.15, -0.1) is 0 Å². The Balaban J connectivity index is 2.47. The van der Waals surface area contributed by atoms with Crippen LogP contribution in [0.15, 0.2) is 24.3 Å². The molecule has 1 rings (SSSR count). The van der Waals surface area contributed by atoms with E-state index >= 15 is 0 Å². The van der Waals surface area contributed by atoms with Crippen molar-refractivity contribution in [2.75, 3.05) is 18.4 Å². The molecule has 0 aliphatic carbocycles. The number of benzene rings is 1. The monoisotopic (exact) mass is 291 g/mol. The molecule has 21 heavy (non-hydrogen) atoms. The molecule has 1 aromatic carbocycles. The molecule has 0 spiro atoms. The van der Waals surface area contributed by atoms with E-state index in [9.17, 15) is 14.4 Å². The fourth-order valence-electron chi connectivity index (χ4n) is 1.63. The number of rotatable bonds is 6. The van der Waals surface area contributed by atoms with Gasteiger partial charge in [0, 0.05) is 17.8 Å². The highest BCUT2D eigenvalue weighted by Crippen LogP contribution is 2.14. The fourth-order valence-corrected chi connectivity index (χ4v) is 1.63. The van der Waals surface area contributed by atoms with Crippen molar-refractivity contribution in [2.24, 2.45) is 5.92 Å². The summed E-state index contributed by atoms with van der Waals surface area (Å²) in [5, 5.41) is 7.66. The van der Waals surface area contributed by atoms with E-state index in [0.717, 1.165) is 0 Å². The van der Waals surface area contributed by atoms with E-state index in [2.05, 4.69) is 16.0 Å². The normalized spacial score (nSPS) is 10.1. The molecular weight excluding hydrogens is 270 g/mol. The van der Waals surface area contributed by atoms with Crippen molar-refractivity contribution in [1.82, 2.24) is 10.6 Å². The molecular formula is C15H21N3O3. The molecule has 0 aliphatic rings.